The van der Waals surface area contributed by atoms with Gasteiger partial charge in [0.15, 0.2) is 0 Å². The maximum Gasteiger partial charge on any atom is 0.245 e. The van der Waals surface area contributed by atoms with Crippen LogP contribution >= 0.6 is 23.5 Å². The van der Waals surface area contributed by atoms with E-state index < -0.39 is 109 Å². The standard InChI is InChI=1S/C64H90F2N12O10S2/c65-43-13-17-48-46(30-43)41(32-69-48)28-51-60(84)76-53(29-42-33-70-49-18-14-44(66)31-47(42)49)64(88)78-23-5-10-55(78)62(86)72-35-58(82)75-52(27-38-11-15-45(79)16-12-38)63(87)77-22-4-9-54(77)61(85)68-21-25-90-37-40-7-3-6-39(26-40)36-89-24-19-56(80)73-50(8-1-2-20-67)59(83)71-34-57(81)74-51/h3,6-7,13,17,26,30,32,38,42,44-45,47,49-55,69-70,79H,1-2,4-5,8-12,14-16,18-25,27-29,31,33-37,67H2,(H,68,85)(H,71,83)(H,72,86)(H,73,80)(H,74,81)(H,75,82)(H,76,84)/t38?,42?,44?,45?,47?,49?,50-,51-,52-,53-,54?,55-/m0/s1. The smallest absolute Gasteiger partial charge is 0.245 e. The quantitative estimate of drug-likeness (QED) is 0.130. The summed E-state index contributed by atoms with van der Waals surface area (Å²) in [4.78, 5) is 134. The molecule has 5 heterocycles. The monoisotopic (exact) mass is 1290 g/mol. The number of hydrogen-bond acceptors (Lipinski definition) is 14. The van der Waals surface area contributed by atoms with Gasteiger partial charge < -0.3 is 68.2 Å². The zero-order chi connectivity index (χ0) is 63.7. The molecule has 90 heavy (non-hydrogen) atoms. The van der Waals surface area contributed by atoms with E-state index in [2.05, 4.69) is 53.6 Å². The predicted octanol–water partition coefficient (Wildman–Crippen LogP) is 2.88. The average Bonchev–Trinajstić information content (AvgIpc) is 2.09. The number of aromatic nitrogens is 1. The number of nitrogens with zero attached hydrogens (tertiary/aromatic N) is 2. The first-order chi connectivity index (χ1) is 43.5. The summed E-state index contributed by atoms with van der Waals surface area (Å²) in [5, 5.41) is 34.0. The zero-order valence-electron chi connectivity index (χ0n) is 51.2. The Bertz CT molecular complexity index is 3010. The minimum Gasteiger partial charge on any atom is -0.393 e. The lowest BCUT2D eigenvalue weighted by atomic mass is 9.77. The van der Waals surface area contributed by atoms with E-state index in [0.717, 1.165) is 11.1 Å². The molecule has 492 valence electrons. The highest BCUT2D eigenvalue weighted by Crippen LogP contribution is 2.39. The van der Waals surface area contributed by atoms with Crippen molar-refractivity contribution in [3.63, 3.8) is 0 Å². The van der Waals surface area contributed by atoms with Crippen molar-refractivity contribution in [2.24, 2.45) is 23.5 Å². The highest BCUT2D eigenvalue weighted by atomic mass is 32.2. The summed E-state index contributed by atoms with van der Waals surface area (Å²) in [7, 11) is 0. The van der Waals surface area contributed by atoms with E-state index in [1.165, 1.54) is 23.1 Å². The Morgan fingerprint density at radius 1 is 0.644 bits per heavy atom. The molecule has 22 nitrogen and oxygen atoms in total. The van der Waals surface area contributed by atoms with Gasteiger partial charge in [-0.3, -0.25) is 43.2 Å². The van der Waals surface area contributed by atoms with E-state index in [0.29, 0.717) is 136 Å². The van der Waals surface area contributed by atoms with Crippen molar-refractivity contribution in [2.45, 2.75) is 182 Å². The Labute approximate surface area is 533 Å². The number of H-pyrrole nitrogens is 1. The average molecular weight is 1290 g/mol. The highest BCUT2D eigenvalue weighted by Gasteiger charge is 2.46. The van der Waals surface area contributed by atoms with Crippen LogP contribution < -0.4 is 48.3 Å². The minimum absolute atomic E-state index is 0.00227. The van der Waals surface area contributed by atoms with E-state index in [-0.39, 0.29) is 87.1 Å². The minimum atomic E-state index is -1.42. The van der Waals surface area contributed by atoms with E-state index in [9.17, 15) is 43.1 Å². The summed E-state index contributed by atoms with van der Waals surface area (Å²) in [6.45, 7) is 0.449. The fraction of sp³-hybridized carbons (Fsp3) is 0.641. The molecule has 5 unspecified atom stereocenters. The number of fused-ring (bicyclic) bond motifs is 6. The number of amides is 9. The predicted molar refractivity (Wildman–Crippen MR) is 339 cm³/mol. The summed E-state index contributed by atoms with van der Waals surface area (Å²) in [5.74, 6) is -3.74. The summed E-state index contributed by atoms with van der Waals surface area (Å²) >= 11 is 3.21. The molecule has 3 aromatic rings. The Morgan fingerprint density at radius 2 is 1.29 bits per heavy atom. The lowest BCUT2D eigenvalue weighted by Crippen LogP contribution is -2.58. The normalized spacial score (nSPS) is 30.0. The third-order valence-corrected chi connectivity index (χ3v) is 20.8. The van der Waals surface area contributed by atoms with Crippen molar-refractivity contribution < 1.29 is 57.0 Å². The van der Waals surface area contributed by atoms with Crippen molar-refractivity contribution in [3.05, 3.63) is 71.2 Å². The molecule has 3 saturated heterocycles. The molecule has 9 rings (SSSR count). The number of carbonyl (C=O) groups is 9. The molecule has 2 saturated carbocycles. The van der Waals surface area contributed by atoms with Crippen molar-refractivity contribution in [1.29, 1.82) is 0 Å². The largest absolute Gasteiger partial charge is 0.393 e. The molecular weight excluding hydrogens is 1200 g/mol. The molecule has 0 spiro atoms. The van der Waals surface area contributed by atoms with Crippen LogP contribution in [0.4, 0.5) is 8.78 Å². The number of rotatable bonds is 10. The lowest BCUT2D eigenvalue weighted by Gasteiger charge is -2.34. The Hall–Kier alpha value is -6.35. The molecule has 1 aromatic heterocycles. The van der Waals surface area contributed by atoms with Gasteiger partial charge in [0.2, 0.25) is 53.2 Å². The fourth-order valence-corrected chi connectivity index (χ4v) is 15.6. The van der Waals surface area contributed by atoms with Crippen LogP contribution in [-0.2, 0) is 61.1 Å². The summed E-state index contributed by atoms with van der Waals surface area (Å²) in [6.07, 6.45) is 6.92. The lowest BCUT2D eigenvalue weighted by molar-refractivity contribution is -0.143. The maximum atomic E-state index is 15.2. The molecule has 9 amide bonds. The number of hydrogen-bond donors (Lipinski definition) is 11. The fourth-order valence-electron chi connectivity index (χ4n) is 13.9. The highest BCUT2D eigenvalue weighted by molar-refractivity contribution is 7.98. The van der Waals surface area contributed by atoms with Crippen LogP contribution in [0.25, 0.3) is 10.9 Å². The third-order valence-electron chi connectivity index (χ3n) is 18.7. The zero-order valence-corrected chi connectivity index (χ0v) is 52.9. The molecule has 12 N–H and O–H groups in total. The van der Waals surface area contributed by atoms with Crippen molar-refractivity contribution in [3.8, 4) is 0 Å². The van der Waals surface area contributed by atoms with Crippen LogP contribution in [0.2, 0.25) is 0 Å². The molecular formula is C64H90F2N12O10S2. The van der Waals surface area contributed by atoms with E-state index >= 15 is 14.0 Å². The van der Waals surface area contributed by atoms with Crippen LogP contribution in [0.15, 0.2) is 48.7 Å². The second kappa shape index (κ2) is 33.3. The van der Waals surface area contributed by atoms with E-state index in [1.54, 1.807) is 34.6 Å². The van der Waals surface area contributed by atoms with Gasteiger partial charge in [-0.05, 0) is 168 Å². The first-order valence-corrected chi connectivity index (χ1v) is 34.7. The number of nitrogens with one attached hydrogen (secondary N) is 9. The van der Waals surface area contributed by atoms with Gasteiger partial charge in [0.05, 0.1) is 19.2 Å². The molecule has 5 fully saturated rings. The van der Waals surface area contributed by atoms with Crippen molar-refractivity contribution >= 4 is 87.6 Å². The van der Waals surface area contributed by atoms with Crippen LogP contribution in [0.1, 0.15) is 126 Å². The Kier molecular flexibility index (Phi) is 25.2. The number of carbonyl (C=O) groups excluding carboxylic acids is 9. The van der Waals surface area contributed by atoms with Crippen LogP contribution in [-0.4, -0.2) is 185 Å². The molecule has 0 radical (unpaired) electrons. The van der Waals surface area contributed by atoms with Gasteiger partial charge in [-0.2, -0.15) is 23.5 Å². The van der Waals surface area contributed by atoms with Crippen LogP contribution in [0.3, 0.4) is 0 Å². The number of aromatic amines is 1. The van der Waals surface area contributed by atoms with E-state index in [1.807, 2.05) is 18.2 Å². The summed E-state index contributed by atoms with van der Waals surface area (Å²) in [5.41, 5.74) is 8.95. The first kappa shape index (κ1) is 68.0. The SMILES string of the molecule is NCCCC[C@@H]1NC(=O)CCSCc2cccc(c2)CSCCNC(=O)C2CCCN2C(=O)[C@H](CC2CCC(O)CC2)NC(=O)CNC(=O)[C@@H]2CCCN2C(=O)[C@H](CC2CNC3CCC(F)CC23)NC(=O)[C@H](Cc2c[nH]c3ccc(F)cc23)NC(=O)CNC1=O. The summed E-state index contributed by atoms with van der Waals surface area (Å²) < 4.78 is 29.9. The van der Waals surface area contributed by atoms with Crippen LogP contribution in [0.5, 0.6) is 0 Å². The number of nitrogens with two attached hydrogens (primary N) is 1. The molecule has 2 aliphatic carbocycles. The molecule has 6 aliphatic rings. The second-order valence-electron chi connectivity index (χ2n) is 25.2. The van der Waals surface area contributed by atoms with Gasteiger partial charge in [-0.15, -0.1) is 0 Å². The number of aliphatic hydroxyl groups is 1. The van der Waals surface area contributed by atoms with Gasteiger partial charge in [0.1, 0.15) is 48.2 Å². The van der Waals surface area contributed by atoms with Gasteiger partial charge in [0.25, 0.3) is 0 Å². The van der Waals surface area contributed by atoms with Gasteiger partial charge in [-0.1, -0.05) is 24.3 Å². The number of thioether (sulfide) groups is 2. The number of aliphatic hydroxyl groups excluding tert-OH is 1. The summed E-state index contributed by atoms with van der Waals surface area (Å²) in [6, 6.07) is 5.65. The number of halogens is 2. The van der Waals surface area contributed by atoms with Gasteiger partial charge in [0, 0.05) is 78.6 Å². The Morgan fingerprint density at radius 3 is 1.99 bits per heavy atom. The number of benzene rings is 2. The number of unbranched alkanes of at least 4 members (excludes halogenated alkanes) is 1. The van der Waals surface area contributed by atoms with Crippen molar-refractivity contribution in [1.82, 2.24) is 57.3 Å². The van der Waals surface area contributed by atoms with Crippen molar-refractivity contribution in [2.75, 3.05) is 57.3 Å². The third kappa shape index (κ3) is 18.9. The number of alkyl halides is 1. The molecule has 2 bridgehead atoms. The molecule has 26 heteroatoms. The second-order valence-corrected chi connectivity index (χ2v) is 27.4. The van der Waals surface area contributed by atoms with Crippen LogP contribution in [0, 0.1) is 23.6 Å². The van der Waals surface area contributed by atoms with Gasteiger partial charge in [-0.25, -0.2) is 8.78 Å². The topological polar surface area (TPSA) is 318 Å². The van der Waals surface area contributed by atoms with E-state index in [4.69, 9.17) is 5.73 Å². The first-order valence-electron chi connectivity index (χ1n) is 32.4. The molecule has 4 aliphatic heterocycles. The van der Waals surface area contributed by atoms with Gasteiger partial charge >= 0.3 is 0 Å². The molecule has 10 atom stereocenters. The Balaban J connectivity index is 0.963. The maximum absolute atomic E-state index is 15.2. The molecule has 2 aromatic carbocycles.